The largest absolute Gasteiger partial charge is 0.284 e. The van der Waals surface area contributed by atoms with E-state index in [-0.39, 0.29) is 5.91 Å². The summed E-state index contributed by atoms with van der Waals surface area (Å²) in [4.78, 5) is 16.5. The molecule has 12 heavy (non-hydrogen) atoms. The number of thiophene rings is 1. The predicted molar refractivity (Wildman–Crippen MR) is 47.9 cm³/mol. The molecule has 0 saturated carbocycles. The van der Waals surface area contributed by atoms with E-state index in [9.17, 15) is 4.79 Å². The van der Waals surface area contributed by atoms with Gasteiger partial charge >= 0.3 is 0 Å². The Kier molecular flexibility index (Phi) is 3.50. The summed E-state index contributed by atoms with van der Waals surface area (Å²) >= 11 is 1.37. The highest BCUT2D eigenvalue weighted by molar-refractivity contribution is 7.12. The van der Waals surface area contributed by atoms with Gasteiger partial charge in [0, 0.05) is 0 Å². The Bertz CT molecular complexity index is 256. The molecule has 0 radical (unpaired) electrons. The zero-order valence-corrected chi connectivity index (χ0v) is 7.26. The Morgan fingerprint density at radius 2 is 2.67 bits per heavy atom. The average Bonchev–Trinajstić information content (AvgIpc) is 2.56. The highest BCUT2D eigenvalue weighted by atomic mass is 32.1. The van der Waals surface area contributed by atoms with Crippen LogP contribution in [0.4, 0.5) is 0 Å². The van der Waals surface area contributed by atoms with Gasteiger partial charge in [-0.3, -0.25) is 9.63 Å². The molecule has 1 aromatic heterocycles. The van der Waals surface area contributed by atoms with Crippen molar-refractivity contribution in [1.82, 2.24) is 5.48 Å². The molecular weight excluding hydrogens is 174 g/mol. The first-order valence-corrected chi connectivity index (χ1v) is 4.29. The molecule has 0 aliphatic carbocycles. The van der Waals surface area contributed by atoms with Gasteiger partial charge in [0.25, 0.3) is 5.91 Å². The summed E-state index contributed by atoms with van der Waals surface area (Å²) in [6.07, 6.45) is 1.56. The zero-order valence-electron chi connectivity index (χ0n) is 6.45. The number of hydrogen-bond donors (Lipinski definition) is 1. The number of nitrogens with one attached hydrogen (secondary N) is 1. The molecule has 1 heterocycles. The third kappa shape index (κ3) is 2.48. The molecule has 3 nitrogen and oxygen atoms in total. The van der Waals surface area contributed by atoms with Crippen LogP contribution < -0.4 is 5.48 Å². The van der Waals surface area contributed by atoms with E-state index in [0.717, 1.165) is 0 Å². The number of carbonyl (C=O) groups excluding carboxylic acids is 1. The van der Waals surface area contributed by atoms with Gasteiger partial charge in [0.1, 0.15) is 0 Å². The number of rotatable bonds is 4. The molecule has 0 atom stereocenters. The van der Waals surface area contributed by atoms with Crippen molar-refractivity contribution >= 4 is 17.2 Å². The predicted octanol–water partition coefficient (Wildman–Crippen LogP) is 1.60. The fourth-order valence-electron chi connectivity index (χ4n) is 0.624. The number of amides is 1. The summed E-state index contributed by atoms with van der Waals surface area (Å²) in [5.41, 5.74) is 2.29. The summed E-state index contributed by atoms with van der Waals surface area (Å²) in [6.45, 7) is 3.76. The maximum absolute atomic E-state index is 11.1. The third-order valence-corrected chi connectivity index (χ3v) is 1.98. The van der Waals surface area contributed by atoms with Crippen molar-refractivity contribution in [2.75, 3.05) is 6.61 Å². The van der Waals surface area contributed by atoms with Crippen molar-refractivity contribution in [2.24, 2.45) is 0 Å². The first-order valence-electron chi connectivity index (χ1n) is 3.41. The topological polar surface area (TPSA) is 38.3 Å². The lowest BCUT2D eigenvalue weighted by atomic mass is 10.5. The van der Waals surface area contributed by atoms with Gasteiger partial charge in [0.05, 0.1) is 11.5 Å². The Morgan fingerprint density at radius 3 is 3.25 bits per heavy atom. The average molecular weight is 183 g/mol. The Morgan fingerprint density at radius 1 is 1.83 bits per heavy atom. The monoisotopic (exact) mass is 183 g/mol. The summed E-state index contributed by atoms with van der Waals surface area (Å²) in [7, 11) is 0. The molecule has 4 heteroatoms. The Labute approximate surface area is 74.6 Å². The zero-order chi connectivity index (χ0) is 8.81. The van der Waals surface area contributed by atoms with E-state index in [1.807, 2.05) is 11.4 Å². The van der Waals surface area contributed by atoms with Crippen LogP contribution in [0.25, 0.3) is 0 Å². The Balaban J connectivity index is 2.34. The smallest absolute Gasteiger partial charge is 0.269 e. The van der Waals surface area contributed by atoms with E-state index in [1.54, 1.807) is 12.1 Å². The molecule has 0 unspecified atom stereocenters. The van der Waals surface area contributed by atoms with Gasteiger partial charge in [-0.15, -0.1) is 17.9 Å². The molecule has 1 amide bonds. The summed E-state index contributed by atoms with van der Waals surface area (Å²) < 4.78 is 0. The van der Waals surface area contributed by atoms with E-state index in [1.165, 1.54) is 11.3 Å². The second kappa shape index (κ2) is 4.69. The molecule has 0 bridgehead atoms. The van der Waals surface area contributed by atoms with Crippen molar-refractivity contribution in [2.45, 2.75) is 0 Å². The lowest BCUT2D eigenvalue weighted by Crippen LogP contribution is -2.22. The van der Waals surface area contributed by atoms with E-state index in [0.29, 0.717) is 11.5 Å². The minimum atomic E-state index is -0.216. The van der Waals surface area contributed by atoms with Crippen LogP contribution in [0.2, 0.25) is 0 Å². The van der Waals surface area contributed by atoms with E-state index in [4.69, 9.17) is 4.84 Å². The molecule has 1 aromatic rings. The molecule has 1 N–H and O–H groups in total. The Hall–Kier alpha value is -1.13. The number of hydroxylamine groups is 1. The van der Waals surface area contributed by atoms with Gasteiger partial charge in [-0.25, -0.2) is 5.48 Å². The number of hydrogen-bond acceptors (Lipinski definition) is 3. The van der Waals surface area contributed by atoms with Crippen molar-refractivity contribution in [3.05, 3.63) is 35.0 Å². The molecule has 0 spiro atoms. The van der Waals surface area contributed by atoms with Crippen molar-refractivity contribution in [3.8, 4) is 0 Å². The van der Waals surface area contributed by atoms with Crippen molar-refractivity contribution in [3.63, 3.8) is 0 Å². The fourth-order valence-corrected chi connectivity index (χ4v) is 1.23. The van der Waals surface area contributed by atoms with Crippen molar-refractivity contribution < 1.29 is 9.63 Å². The molecule has 0 saturated heterocycles. The maximum Gasteiger partial charge on any atom is 0.284 e. The van der Waals surface area contributed by atoms with E-state index >= 15 is 0 Å². The normalized spacial score (nSPS) is 9.33. The van der Waals surface area contributed by atoms with Crippen LogP contribution in [-0.2, 0) is 4.84 Å². The lowest BCUT2D eigenvalue weighted by molar-refractivity contribution is 0.0426. The first-order chi connectivity index (χ1) is 5.84. The quantitative estimate of drug-likeness (QED) is 0.437. The highest BCUT2D eigenvalue weighted by Crippen LogP contribution is 2.07. The SMILES string of the molecule is C=CCONC(=O)c1cccs1. The second-order valence-electron chi connectivity index (χ2n) is 2.01. The lowest BCUT2D eigenvalue weighted by Gasteiger charge is -2.00. The van der Waals surface area contributed by atoms with E-state index in [2.05, 4.69) is 12.1 Å². The van der Waals surface area contributed by atoms with Gasteiger partial charge in [-0.05, 0) is 11.4 Å². The minimum Gasteiger partial charge on any atom is -0.269 e. The molecule has 64 valence electrons. The molecule has 0 fully saturated rings. The van der Waals surface area contributed by atoms with Crippen LogP contribution in [0, 0.1) is 0 Å². The highest BCUT2D eigenvalue weighted by Gasteiger charge is 2.04. The van der Waals surface area contributed by atoms with Gasteiger partial charge in [-0.1, -0.05) is 12.1 Å². The third-order valence-electron chi connectivity index (χ3n) is 1.11. The minimum absolute atomic E-state index is 0.216. The standard InChI is InChI=1S/C8H9NO2S/c1-2-5-11-9-8(10)7-4-3-6-12-7/h2-4,6H,1,5H2,(H,9,10). The van der Waals surface area contributed by atoms with Crippen LogP contribution in [0.1, 0.15) is 9.67 Å². The molecular formula is C8H9NO2S. The fraction of sp³-hybridized carbons (Fsp3) is 0.125. The summed E-state index contributed by atoms with van der Waals surface area (Å²) in [5, 5.41) is 1.84. The molecule has 0 aromatic carbocycles. The van der Waals surface area contributed by atoms with Gasteiger partial charge < -0.3 is 0 Å². The van der Waals surface area contributed by atoms with Crippen LogP contribution >= 0.6 is 11.3 Å². The van der Waals surface area contributed by atoms with Crippen LogP contribution in [0.15, 0.2) is 30.2 Å². The van der Waals surface area contributed by atoms with Gasteiger partial charge in [-0.2, -0.15) is 0 Å². The maximum atomic E-state index is 11.1. The summed E-state index contributed by atoms with van der Waals surface area (Å²) in [6, 6.07) is 3.55. The molecule has 0 aliphatic rings. The van der Waals surface area contributed by atoms with Crippen LogP contribution in [-0.4, -0.2) is 12.5 Å². The van der Waals surface area contributed by atoms with Crippen LogP contribution in [0.3, 0.4) is 0 Å². The van der Waals surface area contributed by atoms with Crippen LogP contribution in [0.5, 0.6) is 0 Å². The van der Waals surface area contributed by atoms with Gasteiger partial charge in [0.15, 0.2) is 0 Å². The van der Waals surface area contributed by atoms with Crippen molar-refractivity contribution in [1.29, 1.82) is 0 Å². The van der Waals surface area contributed by atoms with Gasteiger partial charge in [0.2, 0.25) is 0 Å². The molecule has 1 rings (SSSR count). The number of carbonyl (C=O) groups is 1. The van der Waals surface area contributed by atoms with E-state index < -0.39 is 0 Å². The first kappa shape index (κ1) is 8.96. The molecule has 0 aliphatic heterocycles. The second-order valence-corrected chi connectivity index (χ2v) is 2.96. The summed E-state index contributed by atoms with van der Waals surface area (Å²) in [5.74, 6) is -0.216.